The molecule has 4 aliphatic rings. The van der Waals surface area contributed by atoms with Crippen molar-refractivity contribution in [3.05, 3.63) is 0 Å². The summed E-state index contributed by atoms with van der Waals surface area (Å²) in [6.45, 7) is 6.38. The molecule has 7 heteroatoms. The highest BCUT2D eigenvalue weighted by atomic mass is 16.4. The van der Waals surface area contributed by atoms with Gasteiger partial charge in [0.05, 0.1) is 35.6 Å². The van der Waals surface area contributed by atoms with E-state index < -0.39 is 63.9 Å². The Hall–Kier alpha value is -0.280. The fourth-order valence-electron chi connectivity index (χ4n) is 7.95. The lowest BCUT2D eigenvalue weighted by atomic mass is 9.57. The quantitative estimate of drug-likeness (QED) is 0.287. The van der Waals surface area contributed by atoms with Gasteiger partial charge in [-0.15, -0.1) is 0 Å². The Labute approximate surface area is 159 Å². The van der Waals surface area contributed by atoms with Crippen molar-refractivity contribution >= 4 is 0 Å². The summed E-state index contributed by atoms with van der Waals surface area (Å²) in [4.78, 5) is 0. The minimum Gasteiger partial charge on any atom is -0.392 e. The molecule has 0 aromatic heterocycles. The van der Waals surface area contributed by atoms with Crippen LogP contribution in [-0.4, -0.2) is 77.0 Å². The Morgan fingerprint density at radius 1 is 0.815 bits per heavy atom. The van der Waals surface area contributed by atoms with Crippen LogP contribution in [-0.2, 0) is 0 Å². The number of rotatable bonds is 0. The molecule has 0 aromatic carbocycles. The van der Waals surface area contributed by atoms with Gasteiger partial charge in [0.25, 0.3) is 0 Å². The molecule has 0 saturated heterocycles. The summed E-state index contributed by atoms with van der Waals surface area (Å²) < 4.78 is 0. The van der Waals surface area contributed by atoms with Gasteiger partial charge in [0.1, 0.15) is 5.60 Å². The number of hydrogen-bond acceptors (Lipinski definition) is 7. The highest BCUT2D eigenvalue weighted by molar-refractivity contribution is 5.27. The predicted molar refractivity (Wildman–Crippen MR) is 95.4 cm³/mol. The van der Waals surface area contributed by atoms with E-state index in [2.05, 4.69) is 0 Å². The maximum atomic E-state index is 11.7. The van der Waals surface area contributed by atoms with Gasteiger partial charge in [0.15, 0.2) is 0 Å². The third-order valence-electron chi connectivity index (χ3n) is 9.24. The number of fused-ring (bicyclic) bond motifs is 2. The maximum Gasteiger partial charge on any atom is 0.106 e. The molecule has 0 aliphatic heterocycles. The summed E-state index contributed by atoms with van der Waals surface area (Å²) >= 11 is 0. The molecular formula is C20H34O7. The maximum absolute atomic E-state index is 11.7. The molecule has 0 radical (unpaired) electrons. The molecule has 0 unspecified atom stereocenters. The van der Waals surface area contributed by atoms with Gasteiger partial charge in [-0.2, -0.15) is 0 Å². The molecule has 1 spiro atoms. The van der Waals surface area contributed by atoms with Crippen molar-refractivity contribution < 1.29 is 35.7 Å². The Morgan fingerprint density at radius 3 is 2.00 bits per heavy atom. The van der Waals surface area contributed by atoms with Crippen LogP contribution < -0.4 is 0 Å². The second kappa shape index (κ2) is 5.25. The highest BCUT2D eigenvalue weighted by Gasteiger charge is 2.78. The van der Waals surface area contributed by atoms with Crippen LogP contribution in [0.4, 0.5) is 0 Å². The number of aliphatic hydroxyl groups excluding tert-OH is 4. The fraction of sp³-hybridized carbons (Fsp3) is 1.00. The normalized spacial score (nSPS) is 64.8. The molecule has 4 saturated carbocycles. The first-order valence-electron chi connectivity index (χ1n) is 10.0. The highest BCUT2D eigenvalue weighted by Crippen LogP contribution is 2.69. The van der Waals surface area contributed by atoms with Crippen LogP contribution in [0.5, 0.6) is 0 Å². The number of aliphatic hydroxyl groups is 7. The zero-order chi connectivity index (χ0) is 20.4. The van der Waals surface area contributed by atoms with Crippen LogP contribution in [0, 0.1) is 28.6 Å². The smallest absolute Gasteiger partial charge is 0.106 e. The van der Waals surface area contributed by atoms with E-state index in [1.165, 1.54) is 6.92 Å². The third kappa shape index (κ3) is 2.02. The molecule has 4 aliphatic carbocycles. The minimum atomic E-state index is -1.94. The molecule has 0 aromatic rings. The van der Waals surface area contributed by atoms with Crippen LogP contribution in [0.2, 0.25) is 0 Å². The van der Waals surface area contributed by atoms with Crippen LogP contribution in [0.3, 0.4) is 0 Å². The topological polar surface area (TPSA) is 142 Å². The lowest BCUT2D eigenvalue weighted by molar-refractivity contribution is -0.209. The van der Waals surface area contributed by atoms with E-state index in [0.29, 0.717) is 12.8 Å². The summed E-state index contributed by atoms with van der Waals surface area (Å²) in [6.07, 6.45) is -3.78. The van der Waals surface area contributed by atoms with Crippen LogP contribution >= 0.6 is 0 Å². The molecular weight excluding hydrogens is 352 g/mol. The van der Waals surface area contributed by atoms with Gasteiger partial charge < -0.3 is 35.7 Å². The van der Waals surface area contributed by atoms with Gasteiger partial charge in [-0.05, 0) is 45.4 Å². The van der Waals surface area contributed by atoms with Gasteiger partial charge >= 0.3 is 0 Å². The molecule has 11 atom stereocenters. The average molecular weight is 386 g/mol. The third-order valence-corrected chi connectivity index (χ3v) is 9.24. The van der Waals surface area contributed by atoms with E-state index in [9.17, 15) is 35.7 Å². The van der Waals surface area contributed by atoms with Gasteiger partial charge in [-0.25, -0.2) is 0 Å². The Bertz CT molecular complexity index is 646. The summed E-state index contributed by atoms with van der Waals surface area (Å²) in [7, 11) is 0. The first-order valence-corrected chi connectivity index (χ1v) is 10.0. The van der Waals surface area contributed by atoms with Crippen molar-refractivity contribution in [2.75, 3.05) is 0 Å². The van der Waals surface area contributed by atoms with Crippen molar-refractivity contribution in [3.63, 3.8) is 0 Å². The first kappa shape index (κ1) is 20.0. The molecule has 27 heavy (non-hydrogen) atoms. The van der Waals surface area contributed by atoms with Crippen LogP contribution in [0.15, 0.2) is 0 Å². The molecule has 7 nitrogen and oxygen atoms in total. The van der Waals surface area contributed by atoms with Gasteiger partial charge in [-0.3, -0.25) is 0 Å². The monoisotopic (exact) mass is 386 g/mol. The Kier molecular flexibility index (Phi) is 3.89. The van der Waals surface area contributed by atoms with E-state index in [4.69, 9.17) is 0 Å². The first-order chi connectivity index (χ1) is 12.2. The summed E-state index contributed by atoms with van der Waals surface area (Å²) in [5, 5.41) is 78.0. The average Bonchev–Trinajstić information content (AvgIpc) is 2.71. The second-order valence-corrected chi connectivity index (χ2v) is 10.9. The zero-order valence-electron chi connectivity index (χ0n) is 16.5. The predicted octanol–water partition coefficient (Wildman–Crippen LogP) is -0.861. The molecule has 2 bridgehead atoms. The van der Waals surface area contributed by atoms with Crippen LogP contribution in [0.25, 0.3) is 0 Å². The van der Waals surface area contributed by atoms with Crippen molar-refractivity contribution in [2.24, 2.45) is 28.6 Å². The molecule has 156 valence electrons. The molecule has 0 amide bonds. The lowest BCUT2D eigenvalue weighted by Crippen LogP contribution is -2.62. The number of hydrogen-bond donors (Lipinski definition) is 7. The zero-order valence-corrected chi connectivity index (χ0v) is 16.5. The van der Waals surface area contributed by atoms with Crippen LogP contribution in [0.1, 0.15) is 53.4 Å². The lowest BCUT2D eigenvalue weighted by Gasteiger charge is -2.51. The summed E-state index contributed by atoms with van der Waals surface area (Å²) in [5.41, 5.74) is -6.94. The largest absolute Gasteiger partial charge is 0.392 e. The SMILES string of the molecule is CC1(C)[C@@H](O)[C@@H](O)[C@@H]2[C@@](C)(O)[C@@H]3CC[C@@H]4[C@@H](O)[C@@]3(C[C@@H](O)[C@@]21O)C[C@@]4(C)O. The van der Waals surface area contributed by atoms with E-state index >= 15 is 0 Å². The van der Waals surface area contributed by atoms with E-state index in [1.54, 1.807) is 20.8 Å². The second-order valence-electron chi connectivity index (χ2n) is 10.9. The fourth-order valence-corrected chi connectivity index (χ4v) is 7.95. The Balaban J connectivity index is 1.92. The van der Waals surface area contributed by atoms with Gasteiger partial charge in [0, 0.05) is 22.7 Å². The molecule has 4 rings (SSSR count). The van der Waals surface area contributed by atoms with Crippen molar-refractivity contribution in [1.82, 2.24) is 0 Å². The van der Waals surface area contributed by atoms with Crippen molar-refractivity contribution in [2.45, 2.75) is 94.6 Å². The van der Waals surface area contributed by atoms with Gasteiger partial charge in [0.2, 0.25) is 0 Å². The van der Waals surface area contributed by atoms with E-state index in [1.807, 2.05) is 0 Å². The minimum absolute atomic E-state index is 0.00248. The molecule has 0 heterocycles. The molecule has 4 fully saturated rings. The standard InChI is InChI=1S/C20H34O7/c1-16(2)15(24)12(22)13-18(4,26)10-6-5-9-14(23)19(10,8-17(9,3)25)7-11(21)20(13,16)27/h9-15,21-27H,5-8H2,1-4H3/t9-,10+,11-,12+,13-,14-,15+,17-,18+,19+,20-/m1/s1. The molecule has 7 N–H and O–H groups in total. The van der Waals surface area contributed by atoms with Crippen molar-refractivity contribution in [1.29, 1.82) is 0 Å². The van der Waals surface area contributed by atoms with E-state index in [0.717, 1.165) is 0 Å². The van der Waals surface area contributed by atoms with Gasteiger partial charge in [-0.1, -0.05) is 13.8 Å². The van der Waals surface area contributed by atoms with Crippen molar-refractivity contribution in [3.8, 4) is 0 Å². The Morgan fingerprint density at radius 2 is 1.41 bits per heavy atom. The summed E-state index contributed by atoms with van der Waals surface area (Å²) in [6, 6.07) is 0. The summed E-state index contributed by atoms with van der Waals surface area (Å²) in [5.74, 6) is -2.06. The van der Waals surface area contributed by atoms with E-state index in [-0.39, 0.29) is 18.8 Å².